The Bertz CT molecular complexity index is 294. The molecular formula is C13H26N2O3. The van der Waals surface area contributed by atoms with E-state index < -0.39 is 5.54 Å². The van der Waals surface area contributed by atoms with E-state index in [2.05, 4.69) is 24.1 Å². The zero-order valence-electron chi connectivity index (χ0n) is 12.2. The summed E-state index contributed by atoms with van der Waals surface area (Å²) in [5.41, 5.74) is -0.591. The number of esters is 1. The van der Waals surface area contributed by atoms with Crippen LogP contribution in [0.25, 0.3) is 0 Å². The van der Waals surface area contributed by atoms with E-state index in [-0.39, 0.29) is 11.5 Å². The van der Waals surface area contributed by atoms with Crippen LogP contribution in [0.4, 0.5) is 0 Å². The Morgan fingerprint density at radius 3 is 2.72 bits per heavy atom. The highest BCUT2D eigenvalue weighted by molar-refractivity contribution is 5.80. The van der Waals surface area contributed by atoms with Crippen LogP contribution >= 0.6 is 0 Å². The highest BCUT2D eigenvalue weighted by Crippen LogP contribution is 2.21. The molecule has 1 N–H and O–H groups in total. The predicted octanol–water partition coefficient (Wildman–Crippen LogP) is 0.638. The first-order valence-corrected chi connectivity index (χ1v) is 6.46. The smallest absolute Gasteiger partial charge is 0.325 e. The van der Waals surface area contributed by atoms with Gasteiger partial charge in [0.15, 0.2) is 0 Å². The van der Waals surface area contributed by atoms with Gasteiger partial charge in [-0.05, 0) is 34.2 Å². The van der Waals surface area contributed by atoms with Gasteiger partial charge in [-0.2, -0.15) is 0 Å². The molecule has 106 valence electrons. The van der Waals surface area contributed by atoms with Crippen molar-refractivity contribution < 1.29 is 14.3 Å². The first-order chi connectivity index (χ1) is 8.35. The van der Waals surface area contributed by atoms with Crippen LogP contribution in [-0.2, 0) is 14.3 Å². The first-order valence-electron chi connectivity index (χ1n) is 6.46. The molecule has 1 unspecified atom stereocenters. The standard InChI is InChI=1S/C13H26N2O3/c1-12(2)10-18-9-8-15(12)7-6-13(3,14-4)11(16)17-5/h14H,6-10H2,1-5H3. The van der Waals surface area contributed by atoms with Crippen molar-refractivity contribution in [1.29, 1.82) is 0 Å². The van der Waals surface area contributed by atoms with Crippen molar-refractivity contribution in [2.24, 2.45) is 0 Å². The van der Waals surface area contributed by atoms with Crippen molar-refractivity contribution in [2.45, 2.75) is 38.3 Å². The molecule has 18 heavy (non-hydrogen) atoms. The van der Waals surface area contributed by atoms with Crippen LogP contribution in [0.15, 0.2) is 0 Å². The Labute approximate surface area is 110 Å². The molecule has 0 aromatic rings. The van der Waals surface area contributed by atoms with Gasteiger partial charge in [-0.3, -0.25) is 9.69 Å². The minimum Gasteiger partial charge on any atom is -0.468 e. The number of nitrogens with one attached hydrogen (secondary N) is 1. The molecule has 1 heterocycles. The average Bonchev–Trinajstić information content (AvgIpc) is 2.35. The van der Waals surface area contributed by atoms with E-state index in [1.807, 2.05) is 6.92 Å². The van der Waals surface area contributed by atoms with Crippen LogP contribution in [-0.4, -0.2) is 62.4 Å². The monoisotopic (exact) mass is 258 g/mol. The molecule has 0 aromatic heterocycles. The van der Waals surface area contributed by atoms with Gasteiger partial charge in [0.1, 0.15) is 5.54 Å². The lowest BCUT2D eigenvalue weighted by molar-refractivity contribution is -0.148. The van der Waals surface area contributed by atoms with Gasteiger partial charge in [0, 0.05) is 18.6 Å². The molecule has 0 aromatic carbocycles. The summed E-state index contributed by atoms with van der Waals surface area (Å²) in [5.74, 6) is -0.212. The molecule has 1 saturated heterocycles. The summed E-state index contributed by atoms with van der Waals surface area (Å²) in [4.78, 5) is 14.1. The molecule has 0 bridgehead atoms. The SMILES string of the molecule is CNC(C)(CCN1CCOCC1(C)C)C(=O)OC. The number of likely N-dealkylation sites (N-methyl/N-ethyl adjacent to an activating group) is 1. The number of hydrogen-bond acceptors (Lipinski definition) is 5. The summed E-state index contributed by atoms with van der Waals surface area (Å²) in [6.07, 6.45) is 0.722. The fourth-order valence-electron chi connectivity index (χ4n) is 2.22. The van der Waals surface area contributed by atoms with Crippen molar-refractivity contribution in [3.8, 4) is 0 Å². The van der Waals surface area contributed by atoms with Crippen LogP contribution in [0.1, 0.15) is 27.2 Å². The lowest BCUT2D eigenvalue weighted by Gasteiger charge is -2.43. The zero-order chi connectivity index (χ0) is 13.8. The maximum Gasteiger partial charge on any atom is 0.325 e. The fourth-order valence-corrected chi connectivity index (χ4v) is 2.22. The Kier molecular flexibility index (Phi) is 5.13. The third-order valence-corrected chi connectivity index (χ3v) is 3.89. The Balaban J connectivity index is 2.59. The van der Waals surface area contributed by atoms with Gasteiger partial charge in [0.25, 0.3) is 0 Å². The summed E-state index contributed by atoms with van der Waals surface area (Å²) >= 11 is 0. The molecular weight excluding hydrogens is 232 g/mol. The van der Waals surface area contributed by atoms with Gasteiger partial charge in [0.2, 0.25) is 0 Å². The average molecular weight is 258 g/mol. The molecule has 1 fully saturated rings. The van der Waals surface area contributed by atoms with Crippen LogP contribution in [0.2, 0.25) is 0 Å². The minimum atomic E-state index is -0.622. The maximum absolute atomic E-state index is 11.8. The Hall–Kier alpha value is -0.650. The van der Waals surface area contributed by atoms with Crippen LogP contribution < -0.4 is 5.32 Å². The fraction of sp³-hybridized carbons (Fsp3) is 0.923. The van der Waals surface area contributed by atoms with Crippen LogP contribution in [0.5, 0.6) is 0 Å². The van der Waals surface area contributed by atoms with E-state index in [1.54, 1.807) is 7.05 Å². The first kappa shape index (κ1) is 15.4. The summed E-state index contributed by atoms with van der Waals surface area (Å²) < 4.78 is 10.3. The number of ether oxygens (including phenoxy) is 2. The summed E-state index contributed by atoms with van der Waals surface area (Å²) in [5, 5.41) is 3.06. The van der Waals surface area contributed by atoms with Gasteiger partial charge < -0.3 is 14.8 Å². The van der Waals surface area contributed by atoms with Crippen molar-refractivity contribution in [2.75, 3.05) is 40.5 Å². The maximum atomic E-state index is 11.8. The van der Waals surface area contributed by atoms with Crippen molar-refractivity contribution in [3.05, 3.63) is 0 Å². The molecule has 0 aliphatic carbocycles. The molecule has 5 nitrogen and oxygen atoms in total. The van der Waals surface area contributed by atoms with E-state index in [4.69, 9.17) is 9.47 Å². The van der Waals surface area contributed by atoms with Crippen molar-refractivity contribution in [1.82, 2.24) is 10.2 Å². The number of carbonyl (C=O) groups is 1. The van der Waals surface area contributed by atoms with E-state index in [9.17, 15) is 4.79 Å². The lowest BCUT2D eigenvalue weighted by Crippen LogP contribution is -2.56. The molecule has 0 saturated carbocycles. The second kappa shape index (κ2) is 5.99. The third-order valence-electron chi connectivity index (χ3n) is 3.89. The predicted molar refractivity (Wildman–Crippen MR) is 70.6 cm³/mol. The number of methoxy groups -OCH3 is 1. The van der Waals surface area contributed by atoms with Crippen molar-refractivity contribution >= 4 is 5.97 Å². The molecule has 5 heteroatoms. The van der Waals surface area contributed by atoms with Gasteiger partial charge >= 0.3 is 5.97 Å². The number of carbonyl (C=O) groups excluding carboxylic acids is 1. The Morgan fingerprint density at radius 2 is 2.22 bits per heavy atom. The molecule has 1 atom stereocenters. The summed E-state index contributed by atoms with van der Waals surface area (Å²) in [6.45, 7) is 9.48. The van der Waals surface area contributed by atoms with E-state index >= 15 is 0 Å². The molecule has 0 radical (unpaired) electrons. The lowest BCUT2D eigenvalue weighted by atomic mass is 9.95. The highest BCUT2D eigenvalue weighted by Gasteiger charge is 2.36. The quantitative estimate of drug-likeness (QED) is 0.733. The van der Waals surface area contributed by atoms with Gasteiger partial charge in [-0.25, -0.2) is 0 Å². The van der Waals surface area contributed by atoms with Crippen LogP contribution in [0.3, 0.4) is 0 Å². The number of hydrogen-bond donors (Lipinski definition) is 1. The van der Waals surface area contributed by atoms with Crippen LogP contribution in [0, 0.1) is 0 Å². The second-order valence-corrected chi connectivity index (χ2v) is 5.68. The zero-order valence-corrected chi connectivity index (χ0v) is 12.2. The molecule has 1 rings (SSSR count). The molecule has 0 spiro atoms. The molecule has 0 amide bonds. The highest BCUT2D eigenvalue weighted by atomic mass is 16.5. The normalized spacial score (nSPS) is 23.4. The number of nitrogens with zero attached hydrogens (tertiary/aromatic N) is 1. The van der Waals surface area contributed by atoms with Gasteiger partial charge in [-0.1, -0.05) is 0 Å². The summed E-state index contributed by atoms with van der Waals surface area (Å²) in [7, 11) is 3.22. The van der Waals surface area contributed by atoms with E-state index in [0.717, 1.165) is 32.7 Å². The number of rotatable bonds is 5. The van der Waals surface area contributed by atoms with Gasteiger partial charge in [0.05, 0.1) is 20.3 Å². The molecule has 1 aliphatic heterocycles. The Morgan fingerprint density at radius 1 is 1.56 bits per heavy atom. The van der Waals surface area contributed by atoms with Crippen molar-refractivity contribution in [3.63, 3.8) is 0 Å². The minimum absolute atomic E-state index is 0.0308. The van der Waals surface area contributed by atoms with Gasteiger partial charge in [-0.15, -0.1) is 0 Å². The summed E-state index contributed by atoms with van der Waals surface area (Å²) in [6, 6.07) is 0. The number of morpholine rings is 1. The topological polar surface area (TPSA) is 50.8 Å². The second-order valence-electron chi connectivity index (χ2n) is 5.68. The third kappa shape index (κ3) is 3.43. The molecule has 1 aliphatic rings. The largest absolute Gasteiger partial charge is 0.468 e. The van der Waals surface area contributed by atoms with E-state index in [1.165, 1.54) is 7.11 Å². The van der Waals surface area contributed by atoms with E-state index in [0.29, 0.717) is 0 Å².